The second-order valence-electron chi connectivity index (χ2n) is 5.97. The SMILES string of the molecule is COc1cccc(CSc2nsc(NC(=O)NCC3CC3)c2C(N)=O)c1. The van der Waals surface area contributed by atoms with Crippen LogP contribution in [0.5, 0.6) is 5.75 Å². The number of methoxy groups -OCH3 is 1. The molecule has 1 aromatic heterocycles. The Bertz CT molecular complexity index is 805. The summed E-state index contributed by atoms with van der Waals surface area (Å²) < 4.78 is 9.50. The Morgan fingerprint density at radius 3 is 2.92 bits per heavy atom. The van der Waals surface area contributed by atoms with Crippen LogP contribution < -0.4 is 21.1 Å². The van der Waals surface area contributed by atoms with E-state index in [1.165, 1.54) is 11.8 Å². The molecule has 3 amide bonds. The number of aromatic nitrogens is 1. The van der Waals surface area contributed by atoms with Crippen LogP contribution >= 0.6 is 23.3 Å². The van der Waals surface area contributed by atoms with Crippen LogP contribution in [0, 0.1) is 5.92 Å². The minimum Gasteiger partial charge on any atom is -0.497 e. The fourth-order valence-electron chi connectivity index (χ4n) is 2.30. The molecule has 0 spiro atoms. The lowest BCUT2D eigenvalue weighted by atomic mass is 10.2. The predicted molar refractivity (Wildman–Crippen MR) is 103 cm³/mol. The van der Waals surface area contributed by atoms with E-state index in [1.54, 1.807) is 7.11 Å². The summed E-state index contributed by atoms with van der Waals surface area (Å²) in [6.45, 7) is 0.647. The maximum atomic E-state index is 12.0. The summed E-state index contributed by atoms with van der Waals surface area (Å²) in [5.41, 5.74) is 6.80. The van der Waals surface area contributed by atoms with E-state index >= 15 is 0 Å². The zero-order valence-electron chi connectivity index (χ0n) is 14.3. The Kier molecular flexibility index (Phi) is 6.00. The summed E-state index contributed by atoms with van der Waals surface area (Å²) in [5.74, 6) is 1.34. The lowest BCUT2D eigenvalue weighted by Gasteiger charge is -2.07. The van der Waals surface area contributed by atoms with Gasteiger partial charge in [0.05, 0.1) is 7.11 Å². The molecule has 0 saturated heterocycles. The van der Waals surface area contributed by atoms with Crippen molar-refractivity contribution < 1.29 is 14.3 Å². The van der Waals surface area contributed by atoms with E-state index in [4.69, 9.17) is 10.5 Å². The Labute approximate surface area is 159 Å². The summed E-state index contributed by atoms with van der Waals surface area (Å²) in [4.78, 5) is 23.8. The normalized spacial score (nSPS) is 13.3. The molecule has 9 heteroatoms. The third-order valence-electron chi connectivity index (χ3n) is 3.89. The zero-order valence-corrected chi connectivity index (χ0v) is 15.9. The maximum Gasteiger partial charge on any atom is 0.319 e. The minimum atomic E-state index is -0.607. The van der Waals surface area contributed by atoms with Crippen molar-refractivity contribution in [2.75, 3.05) is 19.0 Å². The lowest BCUT2D eigenvalue weighted by Crippen LogP contribution is -2.30. The number of carbonyl (C=O) groups excluding carboxylic acids is 2. The fraction of sp³-hybridized carbons (Fsp3) is 0.353. The molecule has 1 heterocycles. The van der Waals surface area contributed by atoms with Crippen molar-refractivity contribution in [1.29, 1.82) is 0 Å². The highest BCUT2D eigenvalue weighted by Crippen LogP contribution is 2.34. The van der Waals surface area contributed by atoms with Crippen LogP contribution in [-0.4, -0.2) is 30.0 Å². The van der Waals surface area contributed by atoms with Gasteiger partial charge in [-0.3, -0.25) is 10.1 Å². The average molecular weight is 393 g/mol. The molecule has 7 nitrogen and oxygen atoms in total. The predicted octanol–water partition coefficient (Wildman–Crippen LogP) is 3.07. The van der Waals surface area contributed by atoms with Gasteiger partial charge in [-0.1, -0.05) is 23.9 Å². The number of rotatable bonds is 8. The van der Waals surface area contributed by atoms with E-state index in [-0.39, 0.29) is 11.6 Å². The van der Waals surface area contributed by atoms with Crippen molar-refractivity contribution in [3.8, 4) is 5.75 Å². The molecule has 0 atom stereocenters. The smallest absolute Gasteiger partial charge is 0.319 e. The molecule has 2 aromatic rings. The number of primary amides is 1. The summed E-state index contributed by atoms with van der Waals surface area (Å²) in [5, 5.41) is 6.37. The zero-order chi connectivity index (χ0) is 18.5. The highest BCUT2D eigenvalue weighted by molar-refractivity contribution is 7.98. The first-order chi connectivity index (χ1) is 12.6. The van der Waals surface area contributed by atoms with Crippen LogP contribution in [0.25, 0.3) is 0 Å². The number of nitrogens with two attached hydrogens (primary N) is 1. The first-order valence-corrected chi connectivity index (χ1v) is 9.92. The first kappa shape index (κ1) is 18.5. The van der Waals surface area contributed by atoms with Crippen molar-refractivity contribution in [1.82, 2.24) is 9.69 Å². The molecule has 3 rings (SSSR count). The molecule has 4 N–H and O–H groups in total. The Balaban J connectivity index is 1.65. The molecular formula is C17H20N4O3S2. The van der Waals surface area contributed by atoms with Crippen LogP contribution in [0.4, 0.5) is 9.80 Å². The molecule has 1 aliphatic rings. The van der Waals surface area contributed by atoms with E-state index in [9.17, 15) is 9.59 Å². The summed E-state index contributed by atoms with van der Waals surface area (Å²) in [7, 11) is 1.62. The van der Waals surface area contributed by atoms with Gasteiger partial charge < -0.3 is 15.8 Å². The van der Waals surface area contributed by atoms with Crippen LogP contribution in [0.3, 0.4) is 0 Å². The topological polar surface area (TPSA) is 106 Å². The van der Waals surface area contributed by atoms with Crippen LogP contribution in [-0.2, 0) is 5.75 Å². The number of amides is 3. The maximum absolute atomic E-state index is 12.0. The highest BCUT2D eigenvalue weighted by Gasteiger charge is 2.23. The number of nitrogens with zero attached hydrogens (tertiary/aromatic N) is 1. The first-order valence-electron chi connectivity index (χ1n) is 8.17. The lowest BCUT2D eigenvalue weighted by molar-refractivity contribution is 0.0998. The van der Waals surface area contributed by atoms with Gasteiger partial charge in [0.1, 0.15) is 21.3 Å². The van der Waals surface area contributed by atoms with Crippen molar-refractivity contribution in [2.24, 2.45) is 11.7 Å². The molecule has 0 aliphatic heterocycles. The molecular weight excluding hydrogens is 372 g/mol. The number of thioether (sulfide) groups is 1. The van der Waals surface area contributed by atoms with Crippen molar-refractivity contribution in [2.45, 2.75) is 23.6 Å². The van der Waals surface area contributed by atoms with E-state index in [0.29, 0.717) is 28.2 Å². The number of urea groups is 1. The van der Waals surface area contributed by atoms with E-state index in [2.05, 4.69) is 15.0 Å². The van der Waals surface area contributed by atoms with Crippen LogP contribution in [0.15, 0.2) is 29.3 Å². The fourth-order valence-corrected chi connectivity index (χ4v) is 4.21. The highest BCUT2D eigenvalue weighted by atomic mass is 32.2. The van der Waals surface area contributed by atoms with Gasteiger partial charge in [0.2, 0.25) is 0 Å². The quantitative estimate of drug-likeness (QED) is 0.599. The van der Waals surface area contributed by atoms with Gasteiger partial charge in [0.15, 0.2) is 0 Å². The number of nitrogens with one attached hydrogen (secondary N) is 2. The Morgan fingerprint density at radius 1 is 1.42 bits per heavy atom. The Morgan fingerprint density at radius 2 is 2.23 bits per heavy atom. The van der Waals surface area contributed by atoms with E-state index < -0.39 is 5.91 Å². The largest absolute Gasteiger partial charge is 0.497 e. The number of benzene rings is 1. The van der Waals surface area contributed by atoms with Gasteiger partial charge in [-0.15, -0.1) is 0 Å². The third-order valence-corrected chi connectivity index (χ3v) is 5.82. The summed E-state index contributed by atoms with van der Waals surface area (Å²) in [6, 6.07) is 7.33. The molecule has 0 unspecified atom stereocenters. The molecule has 1 saturated carbocycles. The number of ether oxygens (including phenoxy) is 1. The van der Waals surface area contributed by atoms with Crippen LogP contribution in [0.2, 0.25) is 0 Å². The monoisotopic (exact) mass is 392 g/mol. The molecule has 26 heavy (non-hydrogen) atoms. The van der Waals surface area contributed by atoms with Crippen molar-refractivity contribution in [3.05, 3.63) is 35.4 Å². The number of anilines is 1. The standard InChI is InChI=1S/C17H20N4O3S2/c1-24-12-4-2-3-11(7-12)9-25-16-13(14(18)22)15(26-21-16)20-17(23)19-8-10-5-6-10/h2-4,7,10H,5-6,8-9H2,1H3,(H2,18,22)(H2,19,20,23). The molecule has 1 aromatic carbocycles. The second-order valence-corrected chi connectivity index (χ2v) is 7.71. The van der Waals surface area contributed by atoms with E-state index in [1.807, 2.05) is 24.3 Å². The van der Waals surface area contributed by atoms with Gasteiger partial charge in [0.25, 0.3) is 5.91 Å². The summed E-state index contributed by atoms with van der Waals surface area (Å²) in [6.07, 6.45) is 2.30. The molecule has 0 bridgehead atoms. The van der Waals surface area contributed by atoms with Gasteiger partial charge >= 0.3 is 6.03 Å². The van der Waals surface area contributed by atoms with Crippen LogP contribution in [0.1, 0.15) is 28.8 Å². The number of hydrogen-bond acceptors (Lipinski definition) is 6. The van der Waals surface area contributed by atoms with E-state index in [0.717, 1.165) is 35.7 Å². The molecule has 0 radical (unpaired) electrons. The van der Waals surface area contributed by atoms with Crippen molar-refractivity contribution in [3.63, 3.8) is 0 Å². The van der Waals surface area contributed by atoms with Crippen molar-refractivity contribution >= 4 is 40.2 Å². The van der Waals surface area contributed by atoms with Gasteiger partial charge in [-0.05, 0) is 48.0 Å². The second kappa shape index (κ2) is 8.41. The van der Waals surface area contributed by atoms with Gasteiger partial charge in [-0.2, -0.15) is 4.37 Å². The van der Waals surface area contributed by atoms with Gasteiger partial charge in [0, 0.05) is 12.3 Å². The molecule has 1 aliphatic carbocycles. The minimum absolute atomic E-state index is 0.254. The number of hydrogen-bond donors (Lipinski definition) is 3. The number of carbonyl (C=O) groups is 2. The molecule has 1 fully saturated rings. The van der Waals surface area contributed by atoms with Gasteiger partial charge in [-0.25, -0.2) is 4.79 Å². The third kappa shape index (κ3) is 4.89. The Hall–Kier alpha value is -2.26. The summed E-state index contributed by atoms with van der Waals surface area (Å²) >= 11 is 2.45. The molecule has 138 valence electrons. The average Bonchev–Trinajstić information content (AvgIpc) is 3.38.